The molecular formula is C12H26N2O. The zero-order valence-corrected chi connectivity index (χ0v) is 10.5. The molecule has 0 aromatic rings. The predicted molar refractivity (Wildman–Crippen MR) is 64.0 cm³/mol. The van der Waals surface area contributed by atoms with Crippen molar-refractivity contribution in [3.05, 3.63) is 0 Å². The van der Waals surface area contributed by atoms with Crippen LogP contribution in [0.15, 0.2) is 0 Å². The van der Waals surface area contributed by atoms with Crippen molar-refractivity contribution in [2.75, 3.05) is 26.8 Å². The second kappa shape index (κ2) is 5.83. The second-order valence-corrected chi connectivity index (χ2v) is 4.89. The lowest BCUT2D eigenvalue weighted by Gasteiger charge is -2.41. The van der Waals surface area contributed by atoms with Crippen LogP contribution in [-0.4, -0.2) is 43.3 Å². The van der Waals surface area contributed by atoms with E-state index >= 15 is 0 Å². The van der Waals surface area contributed by atoms with Gasteiger partial charge in [0.1, 0.15) is 0 Å². The third kappa shape index (κ3) is 3.16. The van der Waals surface area contributed by atoms with Crippen LogP contribution >= 0.6 is 0 Å². The summed E-state index contributed by atoms with van der Waals surface area (Å²) in [5.74, 6) is 0. The van der Waals surface area contributed by atoms with E-state index in [0.717, 1.165) is 13.2 Å². The van der Waals surface area contributed by atoms with Gasteiger partial charge in [0, 0.05) is 19.2 Å². The van der Waals surface area contributed by atoms with Gasteiger partial charge in [-0.1, -0.05) is 12.8 Å². The first-order chi connectivity index (χ1) is 7.14. The zero-order valence-electron chi connectivity index (χ0n) is 10.5. The molecule has 0 aromatic carbocycles. The fourth-order valence-corrected chi connectivity index (χ4v) is 2.36. The number of rotatable bonds is 6. The molecule has 1 atom stereocenters. The molecule has 0 amide bonds. The molecule has 0 aromatic heterocycles. The first-order valence-corrected chi connectivity index (χ1v) is 6.15. The van der Waals surface area contributed by atoms with Crippen molar-refractivity contribution in [2.24, 2.45) is 5.73 Å². The van der Waals surface area contributed by atoms with Gasteiger partial charge in [0.2, 0.25) is 0 Å². The van der Waals surface area contributed by atoms with E-state index in [1.807, 2.05) is 6.92 Å². The smallest absolute Gasteiger partial charge is 0.0659 e. The highest BCUT2D eigenvalue weighted by Crippen LogP contribution is 2.27. The number of hydrogen-bond acceptors (Lipinski definition) is 3. The molecule has 1 unspecified atom stereocenters. The lowest BCUT2D eigenvalue weighted by molar-refractivity contribution is 0.00367. The van der Waals surface area contributed by atoms with Crippen molar-refractivity contribution in [1.29, 1.82) is 0 Å². The summed E-state index contributed by atoms with van der Waals surface area (Å²) in [6.45, 7) is 6.43. The Balaban J connectivity index is 2.53. The third-order valence-corrected chi connectivity index (χ3v) is 3.78. The Morgan fingerprint density at radius 1 is 1.40 bits per heavy atom. The van der Waals surface area contributed by atoms with E-state index in [2.05, 4.69) is 18.9 Å². The average Bonchev–Trinajstić information content (AvgIpc) is 2.78. The fraction of sp³-hybridized carbons (Fsp3) is 1.00. The molecule has 1 saturated carbocycles. The Bertz CT molecular complexity index is 180. The molecule has 90 valence electrons. The molecule has 1 rings (SSSR count). The van der Waals surface area contributed by atoms with Crippen LogP contribution in [0.25, 0.3) is 0 Å². The van der Waals surface area contributed by atoms with Crippen molar-refractivity contribution < 1.29 is 4.74 Å². The molecular weight excluding hydrogens is 188 g/mol. The van der Waals surface area contributed by atoms with Gasteiger partial charge in [-0.3, -0.25) is 4.90 Å². The molecule has 1 aliphatic carbocycles. The Morgan fingerprint density at radius 3 is 2.47 bits per heavy atom. The minimum atomic E-state index is 0.00498. The number of nitrogens with two attached hydrogens (primary N) is 1. The van der Waals surface area contributed by atoms with Gasteiger partial charge < -0.3 is 10.5 Å². The second-order valence-electron chi connectivity index (χ2n) is 4.89. The molecule has 3 nitrogen and oxygen atoms in total. The van der Waals surface area contributed by atoms with Crippen molar-refractivity contribution in [1.82, 2.24) is 4.90 Å². The maximum atomic E-state index is 5.89. The monoisotopic (exact) mass is 214 g/mol. The van der Waals surface area contributed by atoms with Crippen LogP contribution in [0, 0.1) is 0 Å². The van der Waals surface area contributed by atoms with Crippen molar-refractivity contribution in [2.45, 2.75) is 51.1 Å². The lowest BCUT2D eigenvalue weighted by Crippen LogP contribution is -2.56. The van der Waals surface area contributed by atoms with Gasteiger partial charge in [-0.05, 0) is 33.7 Å². The SMILES string of the molecule is CCOCC(C)(CN)N(C)C1CCCC1. The number of hydrogen-bond donors (Lipinski definition) is 1. The van der Waals surface area contributed by atoms with Crippen LogP contribution in [-0.2, 0) is 4.74 Å². The van der Waals surface area contributed by atoms with Gasteiger partial charge in [-0.15, -0.1) is 0 Å². The van der Waals surface area contributed by atoms with E-state index in [4.69, 9.17) is 10.5 Å². The van der Waals surface area contributed by atoms with Crippen molar-refractivity contribution in [3.63, 3.8) is 0 Å². The van der Waals surface area contributed by atoms with E-state index in [1.54, 1.807) is 0 Å². The highest BCUT2D eigenvalue weighted by Gasteiger charge is 2.33. The van der Waals surface area contributed by atoms with Gasteiger partial charge >= 0.3 is 0 Å². The Labute approximate surface area is 94.0 Å². The van der Waals surface area contributed by atoms with Gasteiger partial charge in [0.25, 0.3) is 0 Å². The molecule has 15 heavy (non-hydrogen) atoms. The average molecular weight is 214 g/mol. The highest BCUT2D eigenvalue weighted by molar-refractivity contribution is 4.91. The van der Waals surface area contributed by atoms with E-state index < -0.39 is 0 Å². The van der Waals surface area contributed by atoms with E-state index in [9.17, 15) is 0 Å². The first kappa shape index (κ1) is 12.9. The summed E-state index contributed by atoms with van der Waals surface area (Å²) in [6, 6.07) is 0.707. The molecule has 0 radical (unpaired) electrons. The van der Waals surface area contributed by atoms with Crippen molar-refractivity contribution in [3.8, 4) is 0 Å². The Kier molecular flexibility index (Phi) is 5.03. The summed E-state index contributed by atoms with van der Waals surface area (Å²) in [4.78, 5) is 2.44. The van der Waals surface area contributed by atoms with Crippen LogP contribution in [0.2, 0.25) is 0 Å². The summed E-state index contributed by atoms with van der Waals surface area (Å²) in [6.07, 6.45) is 5.37. The lowest BCUT2D eigenvalue weighted by atomic mass is 9.99. The minimum Gasteiger partial charge on any atom is -0.380 e. The van der Waals surface area contributed by atoms with E-state index in [-0.39, 0.29) is 5.54 Å². The maximum absolute atomic E-state index is 5.89. The summed E-state index contributed by atoms with van der Waals surface area (Å²) in [7, 11) is 2.20. The normalized spacial score (nSPS) is 22.2. The van der Waals surface area contributed by atoms with Crippen LogP contribution < -0.4 is 5.73 Å². The zero-order chi connectivity index (χ0) is 11.3. The maximum Gasteiger partial charge on any atom is 0.0659 e. The topological polar surface area (TPSA) is 38.5 Å². The van der Waals surface area contributed by atoms with Crippen LogP contribution in [0.5, 0.6) is 0 Å². The quantitative estimate of drug-likeness (QED) is 0.730. The summed E-state index contributed by atoms with van der Waals surface area (Å²) < 4.78 is 5.55. The van der Waals surface area contributed by atoms with Gasteiger partial charge in [-0.25, -0.2) is 0 Å². The van der Waals surface area contributed by atoms with Crippen LogP contribution in [0.4, 0.5) is 0 Å². The van der Waals surface area contributed by atoms with Gasteiger partial charge in [0.05, 0.1) is 12.1 Å². The van der Waals surface area contributed by atoms with Crippen molar-refractivity contribution >= 4 is 0 Å². The van der Waals surface area contributed by atoms with Crippen LogP contribution in [0.1, 0.15) is 39.5 Å². The standard InChI is InChI=1S/C12H26N2O/c1-4-15-10-12(2,9-13)14(3)11-7-5-6-8-11/h11H,4-10,13H2,1-3H3. The molecule has 0 bridgehead atoms. The van der Waals surface area contributed by atoms with Gasteiger partial charge in [-0.2, -0.15) is 0 Å². The largest absolute Gasteiger partial charge is 0.380 e. The molecule has 2 N–H and O–H groups in total. The number of ether oxygens (including phenoxy) is 1. The number of nitrogens with zero attached hydrogens (tertiary/aromatic N) is 1. The predicted octanol–water partition coefficient (Wildman–Crippen LogP) is 1.61. The minimum absolute atomic E-state index is 0.00498. The van der Waals surface area contributed by atoms with E-state index in [0.29, 0.717) is 12.6 Å². The number of likely N-dealkylation sites (N-methyl/N-ethyl adjacent to an activating group) is 1. The Hall–Kier alpha value is -0.120. The molecule has 0 saturated heterocycles. The molecule has 3 heteroatoms. The molecule has 0 heterocycles. The third-order valence-electron chi connectivity index (χ3n) is 3.78. The molecule has 1 fully saturated rings. The summed E-state index contributed by atoms with van der Waals surface area (Å²) in [5, 5.41) is 0. The first-order valence-electron chi connectivity index (χ1n) is 6.15. The molecule has 0 aliphatic heterocycles. The summed E-state index contributed by atoms with van der Waals surface area (Å²) >= 11 is 0. The molecule has 1 aliphatic rings. The van der Waals surface area contributed by atoms with E-state index in [1.165, 1.54) is 25.7 Å². The Morgan fingerprint density at radius 2 is 2.00 bits per heavy atom. The molecule has 0 spiro atoms. The highest BCUT2D eigenvalue weighted by atomic mass is 16.5. The van der Waals surface area contributed by atoms with Gasteiger partial charge in [0.15, 0.2) is 0 Å². The van der Waals surface area contributed by atoms with Crippen LogP contribution in [0.3, 0.4) is 0 Å². The summed E-state index contributed by atoms with van der Waals surface area (Å²) in [5.41, 5.74) is 5.90. The fourth-order valence-electron chi connectivity index (χ4n) is 2.36.